The third-order valence-electron chi connectivity index (χ3n) is 6.13. The fourth-order valence-electron chi connectivity index (χ4n) is 4.22. The van der Waals surface area contributed by atoms with E-state index in [1.54, 1.807) is 67.0 Å². The second-order valence-electron chi connectivity index (χ2n) is 8.60. The average Bonchev–Trinajstić information content (AvgIpc) is 3.30. The van der Waals surface area contributed by atoms with Gasteiger partial charge < -0.3 is 10.7 Å². The van der Waals surface area contributed by atoms with Gasteiger partial charge in [-0.1, -0.05) is 54.1 Å². The van der Waals surface area contributed by atoms with E-state index in [1.165, 1.54) is 10.6 Å². The Morgan fingerprint density at radius 3 is 2.41 bits per heavy atom. The first-order valence-corrected chi connectivity index (χ1v) is 12.0. The van der Waals surface area contributed by atoms with Crippen LogP contribution in [0.15, 0.2) is 108 Å². The van der Waals surface area contributed by atoms with Gasteiger partial charge in [-0.25, -0.2) is 4.90 Å². The third-order valence-corrected chi connectivity index (χ3v) is 6.44. The minimum absolute atomic E-state index is 0.193. The van der Waals surface area contributed by atoms with Crippen LogP contribution in [0.2, 0.25) is 5.02 Å². The molecule has 0 spiro atoms. The Bertz CT molecular complexity index is 1640. The zero-order valence-corrected chi connectivity index (χ0v) is 20.4. The molecule has 2 heterocycles. The molecule has 0 fully saturated rings. The molecule has 37 heavy (non-hydrogen) atoms. The largest absolute Gasteiger partial charge is 0.360 e. The molecule has 0 aliphatic carbocycles. The highest BCUT2D eigenvalue weighted by molar-refractivity contribution is 6.35. The number of halogens is 1. The highest BCUT2D eigenvalue weighted by atomic mass is 35.5. The molecule has 0 aliphatic rings. The molecule has 8 heteroatoms. The number of rotatable bonds is 6. The van der Waals surface area contributed by atoms with Gasteiger partial charge in [0.25, 0.3) is 17.4 Å². The smallest absolute Gasteiger partial charge is 0.265 e. The first-order chi connectivity index (χ1) is 17.9. The Morgan fingerprint density at radius 2 is 1.68 bits per heavy atom. The van der Waals surface area contributed by atoms with Crippen LogP contribution in [-0.2, 0) is 11.2 Å². The summed E-state index contributed by atoms with van der Waals surface area (Å²) in [5.74, 6) is -1.06. The van der Waals surface area contributed by atoms with Crippen molar-refractivity contribution in [1.82, 2.24) is 9.55 Å². The van der Waals surface area contributed by atoms with Gasteiger partial charge in [-0.05, 0) is 54.4 Å². The quantitative estimate of drug-likeness (QED) is 0.345. The molecular formula is C29H23ClN4O3. The number of amides is 2. The molecule has 0 saturated heterocycles. The number of anilines is 1. The second-order valence-corrected chi connectivity index (χ2v) is 9.00. The topological polar surface area (TPSA) is 101 Å². The molecule has 5 rings (SSSR count). The van der Waals surface area contributed by atoms with Gasteiger partial charge in [0.2, 0.25) is 0 Å². The number of aromatic amines is 1. The number of hydrogen-bond acceptors (Lipinski definition) is 4. The van der Waals surface area contributed by atoms with Gasteiger partial charge in [0.15, 0.2) is 0 Å². The van der Waals surface area contributed by atoms with Crippen molar-refractivity contribution in [1.29, 1.82) is 0 Å². The van der Waals surface area contributed by atoms with E-state index < -0.39 is 17.9 Å². The predicted molar refractivity (Wildman–Crippen MR) is 145 cm³/mol. The van der Waals surface area contributed by atoms with E-state index in [0.29, 0.717) is 27.5 Å². The monoisotopic (exact) mass is 510 g/mol. The van der Waals surface area contributed by atoms with Gasteiger partial charge in [0.05, 0.1) is 16.8 Å². The SMILES string of the molecule is NC(Cc1ccccc1)C(=O)N(C(=O)c1ccc2c(Cl)c[nH]c2c1)c1ccc(-n2ccccc2=O)cc1. The van der Waals surface area contributed by atoms with Crippen LogP contribution in [0.25, 0.3) is 16.6 Å². The molecule has 0 radical (unpaired) electrons. The summed E-state index contributed by atoms with van der Waals surface area (Å²) in [4.78, 5) is 43.7. The number of nitrogens with zero attached hydrogens (tertiary/aromatic N) is 2. The van der Waals surface area contributed by atoms with Gasteiger partial charge in [0.1, 0.15) is 0 Å². The van der Waals surface area contributed by atoms with Crippen LogP contribution in [0.5, 0.6) is 0 Å². The number of imide groups is 1. The lowest BCUT2D eigenvalue weighted by molar-refractivity contribution is -0.119. The maximum absolute atomic E-state index is 13.8. The molecule has 184 valence electrons. The lowest BCUT2D eigenvalue weighted by atomic mass is 10.0. The number of aromatic nitrogens is 2. The number of pyridine rings is 1. The van der Waals surface area contributed by atoms with Crippen LogP contribution in [0, 0.1) is 0 Å². The van der Waals surface area contributed by atoms with E-state index in [9.17, 15) is 14.4 Å². The maximum Gasteiger partial charge on any atom is 0.265 e. The van der Waals surface area contributed by atoms with Gasteiger partial charge in [0, 0.05) is 40.6 Å². The maximum atomic E-state index is 13.8. The van der Waals surface area contributed by atoms with E-state index in [-0.39, 0.29) is 12.0 Å². The summed E-state index contributed by atoms with van der Waals surface area (Å²) in [7, 11) is 0. The Labute approximate surface area is 217 Å². The summed E-state index contributed by atoms with van der Waals surface area (Å²) in [6.07, 6.45) is 3.56. The van der Waals surface area contributed by atoms with Gasteiger partial charge in [-0.2, -0.15) is 0 Å². The number of carbonyl (C=O) groups is 2. The molecule has 5 aromatic rings. The standard InChI is InChI=1S/C29H23ClN4O3/c30-24-18-32-26-17-20(9-14-23(24)26)28(36)34(29(37)25(31)16-19-6-2-1-3-7-19)22-12-10-21(11-13-22)33-15-5-4-8-27(33)35/h1-15,17-18,25,32H,16,31H2. The van der Waals surface area contributed by atoms with Crippen molar-refractivity contribution in [2.24, 2.45) is 5.73 Å². The molecule has 0 aliphatic heterocycles. The van der Waals surface area contributed by atoms with Crippen LogP contribution < -0.4 is 16.2 Å². The van der Waals surface area contributed by atoms with E-state index >= 15 is 0 Å². The van der Waals surface area contributed by atoms with Crippen molar-refractivity contribution in [3.05, 3.63) is 130 Å². The van der Waals surface area contributed by atoms with Crippen LogP contribution in [-0.4, -0.2) is 27.4 Å². The second kappa shape index (κ2) is 10.3. The number of nitrogens with one attached hydrogen (secondary N) is 1. The first-order valence-electron chi connectivity index (χ1n) is 11.6. The minimum atomic E-state index is -0.952. The zero-order chi connectivity index (χ0) is 25.9. The number of fused-ring (bicyclic) bond motifs is 1. The zero-order valence-electron chi connectivity index (χ0n) is 19.7. The number of H-pyrrole nitrogens is 1. The van der Waals surface area contributed by atoms with Crippen molar-refractivity contribution >= 4 is 40.0 Å². The third kappa shape index (κ3) is 4.95. The fraction of sp³-hybridized carbons (Fsp3) is 0.0690. The summed E-state index contributed by atoms with van der Waals surface area (Å²) in [6.45, 7) is 0. The summed E-state index contributed by atoms with van der Waals surface area (Å²) >= 11 is 6.19. The van der Waals surface area contributed by atoms with Crippen LogP contribution in [0.3, 0.4) is 0 Å². The highest BCUT2D eigenvalue weighted by Gasteiger charge is 2.29. The summed E-state index contributed by atoms with van der Waals surface area (Å²) in [5.41, 5.74) is 8.94. The molecule has 0 saturated carbocycles. The molecular weight excluding hydrogens is 488 g/mol. The van der Waals surface area contributed by atoms with Crippen molar-refractivity contribution < 1.29 is 9.59 Å². The number of nitrogens with two attached hydrogens (primary N) is 1. The predicted octanol–water partition coefficient (Wildman–Crippen LogP) is 4.72. The fourth-order valence-corrected chi connectivity index (χ4v) is 4.44. The van der Waals surface area contributed by atoms with E-state index in [1.807, 2.05) is 30.3 Å². The van der Waals surface area contributed by atoms with Crippen LogP contribution in [0.1, 0.15) is 15.9 Å². The molecule has 3 N–H and O–H groups in total. The lowest BCUT2D eigenvalue weighted by Crippen LogP contribution is -2.48. The molecule has 1 unspecified atom stereocenters. The lowest BCUT2D eigenvalue weighted by Gasteiger charge is -2.25. The Kier molecular flexibility index (Phi) is 6.72. The average molecular weight is 511 g/mol. The number of hydrogen-bond donors (Lipinski definition) is 2. The molecule has 3 aromatic carbocycles. The van der Waals surface area contributed by atoms with Gasteiger partial charge >= 0.3 is 0 Å². The highest BCUT2D eigenvalue weighted by Crippen LogP contribution is 2.26. The van der Waals surface area contributed by atoms with Crippen molar-refractivity contribution in [2.45, 2.75) is 12.5 Å². The Morgan fingerprint density at radius 1 is 0.946 bits per heavy atom. The van der Waals surface area contributed by atoms with Crippen LogP contribution in [0.4, 0.5) is 5.69 Å². The van der Waals surface area contributed by atoms with Crippen molar-refractivity contribution in [3.8, 4) is 5.69 Å². The summed E-state index contributed by atoms with van der Waals surface area (Å²) < 4.78 is 1.47. The molecule has 0 bridgehead atoms. The summed E-state index contributed by atoms with van der Waals surface area (Å²) in [5, 5.41) is 1.31. The van der Waals surface area contributed by atoms with Gasteiger partial charge in [-0.3, -0.25) is 19.0 Å². The number of carbonyl (C=O) groups excluding carboxylic acids is 2. The molecule has 2 amide bonds. The normalized spacial score (nSPS) is 11.8. The van der Waals surface area contributed by atoms with Crippen molar-refractivity contribution in [3.63, 3.8) is 0 Å². The van der Waals surface area contributed by atoms with Gasteiger partial charge in [-0.15, -0.1) is 0 Å². The van der Waals surface area contributed by atoms with Crippen molar-refractivity contribution in [2.75, 3.05) is 4.90 Å². The van der Waals surface area contributed by atoms with E-state index in [2.05, 4.69) is 4.98 Å². The molecule has 7 nitrogen and oxygen atoms in total. The van der Waals surface area contributed by atoms with Crippen LogP contribution >= 0.6 is 11.6 Å². The number of benzene rings is 3. The first kappa shape index (κ1) is 24.2. The Balaban J connectivity index is 1.52. The van der Waals surface area contributed by atoms with E-state index in [4.69, 9.17) is 17.3 Å². The summed E-state index contributed by atoms with van der Waals surface area (Å²) in [6, 6.07) is 25.0. The Hall–Kier alpha value is -4.46. The molecule has 2 aromatic heterocycles. The molecule has 1 atom stereocenters. The minimum Gasteiger partial charge on any atom is -0.360 e. The van der Waals surface area contributed by atoms with E-state index in [0.717, 1.165) is 15.8 Å².